The molecule has 2 aromatic rings. The predicted molar refractivity (Wildman–Crippen MR) is 72.0 cm³/mol. The van der Waals surface area contributed by atoms with Crippen molar-refractivity contribution in [3.63, 3.8) is 0 Å². The molecule has 21 heavy (non-hydrogen) atoms. The Kier molecular flexibility index (Phi) is 6.64. The number of halogens is 2. The largest absolute Gasteiger partial charge is 0.436 e. The van der Waals surface area contributed by atoms with Crippen molar-refractivity contribution in [2.75, 3.05) is 6.26 Å². The van der Waals surface area contributed by atoms with Gasteiger partial charge in [0.15, 0.2) is 0 Å². The Morgan fingerprint density at radius 2 is 1.76 bits per heavy atom. The Labute approximate surface area is 130 Å². The molecule has 11 heteroatoms. The highest BCUT2D eigenvalue weighted by atomic mass is 35.5. The molecule has 0 amide bonds. The zero-order valence-electron chi connectivity index (χ0n) is 10.6. The zero-order valence-corrected chi connectivity index (χ0v) is 12.9. The Balaban J connectivity index is 0.000000219. The molecule has 2 aromatic heterocycles. The number of nitriles is 1. The fourth-order valence-electron chi connectivity index (χ4n) is 0.960. The van der Waals surface area contributed by atoms with Crippen LogP contribution >= 0.6 is 23.2 Å². The molecule has 0 atom stereocenters. The van der Waals surface area contributed by atoms with Gasteiger partial charge in [0.05, 0.1) is 24.4 Å². The first-order valence-corrected chi connectivity index (χ1v) is 7.78. The molecule has 0 aliphatic rings. The predicted octanol–water partition coefficient (Wildman–Crippen LogP) is 2.20. The van der Waals surface area contributed by atoms with Crippen molar-refractivity contribution >= 4 is 33.3 Å². The summed E-state index contributed by atoms with van der Waals surface area (Å²) in [5.74, 6) is 0. The van der Waals surface area contributed by atoms with Gasteiger partial charge in [-0.15, -0.1) is 0 Å². The van der Waals surface area contributed by atoms with Gasteiger partial charge in [-0.3, -0.25) is 4.18 Å². The van der Waals surface area contributed by atoms with Crippen molar-refractivity contribution in [3.05, 3.63) is 34.6 Å². The minimum absolute atomic E-state index is 0.0397. The van der Waals surface area contributed by atoms with E-state index in [0.29, 0.717) is 11.4 Å². The summed E-state index contributed by atoms with van der Waals surface area (Å²) in [5, 5.41) is 8.20. The van der Waals surface area contributed by atoms with Crippen molar-refractivity contribution in [2.24, 2.45) is 0 Å². The molecule has 0 saturated heterocycles. The summed E-state index contributed by atoms with van der Waals surface area (Å²) in [5.41, 5.74) is 0.910. The second-order valence-electron chi connectivity index (χ2n) is 3.48. The monoisotopic (exact) mass is 353 g/mol. The number of hydrogen-bond donors (Lipinski definition) is 0. The highest BCUT2D eigenvalue weighted by Crippen LogP contribution is 2.09. The molecule has 0 unspecified atom stereocenters. The van der Waals surface area contributed by atoms with Crippen LogP contribution in [0.3, 0.4) is 0 Å². The van der Waals surface area contributed by atoms with Crippen LogP contribution < -0.4 is 0 Å². The molecule has 0 bridgehead atoms. The van der Waals surface area contributed by atoms with Crippen molar-refractivity contribution in [1.82, 2.24) is 9.97 Å². The van der Waals surface area contributed by atoms with Crippen LogP contribution in [0.4, 0.5) is 0 Å². The highest BCUT2D eigenvalue weighted by Gasteiger charge is 2.06. The minimum atomic E-state index is -3.44. The second-order valence-corrected chi connectivity index (χ2v) is 5.78. The normalized spacial score (nSPS) is 10.6. The van der Waals surface area contributed by atoms with Crippen molar-refractivity contribution in [2.45, 2.75) is 13.0 Å². The van der Waals surface area contributed by atoms with Crippen LogP contribution in [0.2, 0.25) is 10.7 Å². The summed E-state index contributed by atoms with van der Waals surface area (Å²) >= 11 is 10.6. The molecule has 0 spiro atoms. The molecule has 0 aliphatic carbocycles. The van der Waals surface area contributed by atoms with Crippen LogP contribution in [0.25, 0.3) is 0 Å². The quantitative estimate of drug-likeness (QED) is 0.767. The van der Waals surface area contributed by atoms with E-state index in [1.54, 1.807) is 0 Å². The Morgan fingerprint density at radius 1 is 1.24 bits per heavy atom. The standard InChI is InChI=1S/C5H3ClN2O.C5H6ClNO4S/c6-5-8-4(1-2-7)3-9-5;1-12(8,9)11-3-4-2-10-5(6)7-4/h3H,1H2;2H,3H2,1H3. The van der Waals surface area contributed by atoms with E-state index in [1.807, 2.05) is 6.07 Å². The lowest BCUT2D eigenvalue weighted by Crippen LogP contribution is -2.02. The third-order valence-electron chi connectivity index (χ3n) is 1.73. The van der Waals surface area contributed by atoms with Gasteiger partial charge in [-0.05, 0) is 23.2 Å². The van der Waals surface area contributed by atoms with Gasteiger partial charge in [-0.1, -0.05) is 0 Å². The van der Waals surface area contributed by atoms with Gasteiger partial charge < -0.3 is 8.83 Å². The van der Waals surface area contributed by atoms with Gasteiger partial charge in [0.25, 0.3) is 20.8 Å². The molecule has 0 fully saturated rings. The van der Waals surface area contributed by atoms with Gasteiger partial charge in [-0.2, -0.15) is 13.7 Å². The number of nitrogens with zero attached hydrogens (tertiary/aromatic N) is 3. The van der Waals surface area contributed by atoms with E-state index in [0.717, 1.165) is 6.26 Å². The van der Waals surface area contributed by atoms with E-state index in [4.69, 9.17) is 28.5 Å². The third kappa shape index (κ3) is 7.67. The van der Waals surface area contributed by atoms with Crippen LogP contribution in [-0.2, 0) is 27.3 Å². The van der Waals surface area contributed by atoms with E-state index in [1.165, 1.54) is 12.5 Å². The Bertz CT molecular complexity index is 719. The van der Waals surface area contributed by atoms with Crippen LogP contribution in [0.15, 0.2) is 21.4 Å². The minimum Gasteiger partial charge on any atom is -0.436 e. The number of oxazole rings is 2. The maximum atomic E-state index is 10.5. The lowest BCUT2D eigenvalue weighted by Gasteiger charge is -1.94. The summed E-state index contributed by atoms with van der Waals surface area (Å²) in [4.78, 5) is 7.30. The van der Waals surface area contributed by atoms with Gasteiger partial charge in [0.1, 0.15) is 24.8 Å². The Morgan fingerprint density at radius 3 is 2.14 bits per heavy atom. The first kappa shape index (κ1) is 17.5. The summed E-state index contributed by atoms with van der Waals surface area (Å²) < 4.78 is 34.6. The lowest BCUT2D eigenvalue weighted by atomic mass is 10.4. The van der Waals surface area contributed by atoms with Crippen molar-refractivity contribution < 1.29 is 21.4 Å². The molecule has 0 aliphatic heterocycles. The highest BCUT2D eigenvalue weighted by molar-refractivity contribution is 7.85. The number of hydrogen-bond acceptors (Lipinski definition) is 8. The first-order valence-electron chi connectivity index (χ1n) is 5.21. The van der Waals surface area contributed by atoms with Crippen molar-refractivity contribution in [3.8, 4) is 6.07 Å². The van der Waals surface area contributed by atoms with Gasteiger partial charge in [0.2, 0.25) is 0 Å². The molecular formula is C10H9Cl2N3O5S. The molecule has 114 valence electrons. The van der Waals surface area contributed by atoms with Gasteiger partial charge in [0, 0.05) is 0 Å². The summed E-state index contributed by atoms with van der Waals surface area (Å²) in [6.07, 6.45) is 3.80. The first-order chi connectivity index (χ1) is 9.80. The van der Waals surface area contributed by atoms with Crippen LogP contribution in [0.1, 0.15) is 11.4 Å². The SMILES string of the molecule is CS(=O)(=O)OCc1coc(Cl)n1.N#CCc1coc(Cl)n1. The maximum Gasteiger partial charge on any atom is 0.292 e. The summed E-state index contributed by atoms with van der Waals surface area (Å²) in [7, 11) is -3.44. The van der Waals surface area contributed by atoms with Crippen LogP contribution in [0, 0.1) is 11.3 Å². The number of rotatable bonds is 4. The molecular weight excluding hydrogens is 345 g/mol. The average molecular weight is 354 g/mol. The molecule has 2 rings (SSSR count). The van der Waals surface area contributed by atoms with Crippen molar-refractivity contribution in [1.29, 1.82) is 5.26 Å². The van der Waals surface area contributed by atoms with Crippen LogP contribution in [0.5, 0.6) is 0 Å². The van der Waals surface area contributed by atoms with Gasteiger partial charge in [-0.25, -0.2) is 9.97 Å². The zero-order chi connectivity index (χ0) is 15.9. The smallest absolute Gasteiger partial charge is 0.292 e. The van der Waals surface area contributed by atoms with E-state index in [9.17, 15) is 8.42 Å². The fourth-order valence-corrected chi connectivity index (χ4v) is 1.60. The van der Waals surface area contributed by atoms with E-state index in [2.05, 4.69) is 23.0 Å². The molecule has 0 radical (unpaired) electrons. The van der Waals surface area contributed by atoms with E-state index >= 15 is 0 Å². The molecule has 0 aromatic carbocycles. The topological polar surface area (TPSA) is 119 Å². The fraction of sp³-hybridized carbons (Fsp3) is 0.300. The lowest BCUT2D eigenvalue weighted by molar-refractivity contribution is 0.307. The van der Waals surface area contributed by atoms with E-state index in [-0.39, 0.29) is 23.7 Å². The molecule has 8 nitrogen and oxygen atoms in total. The summed E-state index contributed by atoms with van der Waals surface area (Å²) in [6.45, 7) is -0.158. The third-order valence-corrected chi connectivity index (χ3v) is 2.62. The molecule has 0 saturated carbocycles. The van der Waals surface area contributed by atoms with Gasteiger partial charge >= 0.3 is 0 Å². The average Bonchev–Trinajstić information content (AvgIpc) is 2.96. The maximum absolute atomic E-state index is 10.5. The molecule has 0 N–H and O–H groups in total. The second kappa shape index (κ2) is 7.99. The van der Waals surface area contributed by atoms with E-state index < -0.39 is 10.1 Å². The number of aromatic nitrogens is 2. The van der Waals surface area contributed by atoms with Crippen LogP contribution in [-0.4, -0.2) is 24.6 Å². The summed E-state index contributed by atoms with van der Waals surface area (Å²) in [6, 6.07) is 1.92. The Hall–Kier alpha value is -1.60. The molecule has 2 heterocycles.